The van der Waals surface area contributed by atoms with Gasteiger partial charge in [-0.1, -0.05) is 48.0 Å². The maximum Gasteiger partial charge on any atom is 0.205 e. The molecule has 422 valence electrons. The Kier molecular flexibility index (Phi) is 13.1. The van der Waals surface area contributed by atoms with Crippen LogP contribution in [0, 0.1) is 134 Å². The van der Waals surface area contributed by atoms with Crippen LogP contribution in [0.4, 0.5) is 22.7 Å². The highest BCUT2D eigenvalue weighted by atomic mass is 15.4. The zero-order valence-corrected chi connectivity index (χ0v) is 50.5. The first-order chi connectivity index (χ1) is 43.0. The number of hydrogen-bond acceptors (Lipinski definition) is 4. The molecule has 0 N–H and O–H groups in total. The monoisotopic (exact) mass is 1150 g/mol. The Morgan fingerprint density at radius 2 is 0.753 bits per heavy atom. The van der Waals surface area contributed by atoms with Gasteiger partial charge in [-0.25, -0.2) is 19.4 Å². The summed E-state index contributed by atoms with van der Waals surface area (Å²) in [6, 6.07) is 38.8. The minimum Gasteiger partial charge on any atom is -0.237 e. The number of benzene rings is 8. The third-order valence-corrected chi connectivity index (χ3v) is 18.1. The van der Waals surface area contributed by atoms with E-state index in [-0.39, 0.29) is 0 Å². The van der Waals surface area contributed by atoms with E-state index in [4.69, 9.17) is 26.3 Å². The first-order valence-corrected chi connectivity index (χ1v) is 28.8. The summed E-state index contributed by atoms with van der Waals surface area (Å²) in [6.45, 7) is 51.3. The lowest BCUT2D eigenvalue weighted by atomic mass is 9.97. The van der Waals surface area contributed by atoms with Gasteiger partial charge in [0.1, 0.15) is 44.8 Å². The zero-order chi connectivity index (χ0) is 62.6. The van der Waals surface area contributed by atoms with Crippen LogP contribution in [0.1, 0.15) is 94.6 Å². The fourth-order valence-corrected chi connectivity index (χ4v) is 13.7. The van der Waals surface area contributed by atoms with E-state index in [1.54, 1.807) is 24.3 Å². The van der Waals surface area contributed by atoms with Crippen molar-refractivity contribution in [3.05, 3.63) is 256 Å². The molecule has 0 fully saturated rings. The van der Waals surface area contributed by atoms with Crippen LogP contribution >= 0.6 is 0 Å². The molecule has 16 rings (SSSR count). The molecule has 4 aromatic heterocycles. The Bertz CT molecular complexity index is 5600. The molecule has 0 radical (unpaired) electrons. The van der Waals surface area contributed by atoms with Crippen LogP contribution in [0.2, 0.25) is 0 Å². The van der Waals surface area contributed by atoms with Gasteiger partial charge < -0.3 is 0 Å². The topological polar surface area (TPSA) is 148 Å². The van der Waals surface area contributed by atoms with Crippen LogP contribution in [0.3, 0.4) is 0 Å². The minimum atomic E-state index is 0.417. The van der Waals surface area contributed by atoms with Gasteiger partial charge in [-0.15, -0.1) is 37.5 Å². The van der Waals surface area contributed by atoms with Crippen molar-refractivity contribution >= 4 is 66.4 Å². The van der Waals surface area contributed by atoms with Gasteiger partial charge in [-0.3, -0.25) is 0 Å². The van der Waals surface area contributed by atoms with Crippen molar-refractivity contribution < 1.29 is 18.7 Å². The van der Waals surface area contributed by atoms with E-state index in [0.29, 0.717) is 45.0 Å². The third-order valence-electron chi connectivity index (χ3n) is 18.1. The molecule has 0 unspecified atom stereocenters. The van der Waals surface area contributed by atoms with E-state index in [2.05, 4.69) is 186 Å². The van der Waals surface area contributed by atoms with E-state index >= 15 is 0 Å². The highest BCUT2D eigenvalue weighted by Crippen LogP contribution is 2.38. The van der Waals surface area contributed by atoms with E-state index in [0.717, 1.165) is 69.8 Å². The van der Waals surface area contributed by atoms with Crippen LogP contribution < -0.4 is 18.7 Å². The molecule has 0 amide bonds. The quantitative estimate of drug-likeness (QED) is 0.110. The number of nitriles is 4. The van der Waals surface area contributed by atoms with Gasteiger partial charge in [-0.2, -0.15) is 21.0 Å². The molecule has 4 aliphatic rings. The van der Waals surface area contributed by atoms with Crippen LogP contribution in [0.5, 0.6) is 0 Å². The molecule has 0 saturated carbocycles. The molecule has 89 heavy (non-hydrogen) atoms. The van der Waals surface area contributed by atoms with E-state index in [1.807, 2.05) is 49.1 Å². The predicted octanol–water partition coefficient (Wildman–Crippen LogP) is 13.6. The zero-order valence-electron chi connectivity index (χ0n) is 50.5. The van der Waals surface area contributed by atoms with Crippen LogP contribution in [0.25, 0.3) is 85.7 Å². The molecule has 12 aromatic rings. The number of aromatic nitrogens is 8. The molecule has 8 aromatic carbocycles. The average Bonchev–Trinajstić information content (AvgIpc) is 1.62. The van der Waals surface area contributed by atoms with Gasteiger partial charge in [-0.05, 0) is 155 Å². The number of rotatable bonds is 0. The Morgan fingerprint density at radius 1 is 0.360 bits per heavy atom. The van der Waals surface area contributed by atoms with E-state index in [1.165, 1.54) is 95.1 Å². The minimum absolute atomic E-state index is 0.417. The lowest BCUT2D eigenvalue weighted by Crippen LogP contribution is -2.36. The molecule has 16 heteroatoms. The second kappa shape index (κ2) is 21.0. The summed E-state index contributed by atoms with van der Waals surface area (Å²) in [5, 5.41) is 41.1. The van der Waals surface area contributed by atoms with Crippen molar-refractivity contribution in [1.82, 2.24) is 18.7 Å². The van der Waals surface area contributed by atoms with Gasteiger partial charge >= 0.3 is 0 Å². The molecule has 16 nitrogen and oxygen atoms in total. The predicted molar refractivity (Wildman–Crippen MR) is 337 cm³/mol. The lowest BCUT2D eigenvalue weighted by Gasteiger charge is -2.08. The highest BCUT2D eigenvalue weighted by molar-refractivity contribution is 5.94. The fourth-order valence-electron chi connectivity index (χ4n) is 13.7. The van der Waals surface area contributed by atoms with Crippen molar-refractivity contribution in [2.24, 2.45) is 0 Å². The van der Waals surface area contributed by atoms with Crippen molar-refractivity contribution in [3.8, 4) is 47.0 Å². The SMILES string of the molecule is [C-]#[N+]c1ccc2c(c[n+]3n2-c2c(C)cc(C)cc2C3)c1C#N.[C-]#[N+]c1ccc2c(c[n+]3n2-c2c(ccc(C)c2C)C3)c1C#N.[C-]#[N+]c1ccc2c(c[n+]3n2-c2cc(C)c(C)c(C)c2C3)c1C#N.[C-]#[N+]c1ccc2c(c[n+]3n2-c2cc(C)cc(C)c2C3)c1C#N. The first-order valence-electron chi connectivity index (χ1n) is 28.8. The number of hydrogen-bond donors (Lipinski definition) is 0. The molecule has 0 spiro atoms. The van der Waals surface area contributed by atoms with Gasteiger partial charge in [0.2, 0.25) is 47.5 Å². The van der Waals surface area contributed by atoms with Crippen LogP contribution in [-0.2, 0) is 26.2 Å². The van der Waals surface area contributed by atoms with Crippen LogP contribution in [0.15, 0.2) is 116 Å². The summed E-state index contributed by atoms with van der Waals surface area (Å²) in [7, 11) is 0. The maximum absolute atomic E-state index is 9.45. The molecule has 0 bridgehead atoms. The number of nitrogens with zero attached hydrogens (tertiary/aromatic N) is 16. The normalized spacial score (nSPS) is 11.8. The van der Waals surface area contributed by atoms with Gasteiger partial charge in [0.25, 0.3) is 0 Å². The first kappa shape index (κ1) is 55.7. The number of fused-ring (bicyclic) bond motifs is 20. The number of aryl methyl sites for hydroxylation is 6. The largest absolute Gasteiger partial charge is 0.237 e. The molecule has 0 saturated heterocycles. The average molecular weight is 1160 g/mol. The summed E-state index contributed by atoms with van der Waals surface area (Å²) in [4.78, 5) is 13.8. The van der Waals surface area contributed by atoms with Crippen molar-refractivity contribution in [2.75, 3.05) is 0 Å². The standard InChI is InChI=1S/C19H15N4.3C18H13N4/c1-11-7-19-15(13(3)12(11)2)9-22-10-16-14(8-20)17(21-4)5-6-18(16)23(19)22;1-11-6-12(2)14-9-21-10-15-13(8-19)16(20-3)4-5-17(15)22(21)18(14)7-11;1-11-6-12(2)18-13(7-11)9-21-10-15-14(8-19)16(20-3)4-5-17(15)22(18)21;1-11-4-5-13-9-21-10-15-14(8-19)16(20-3)6-7-17(15)22(21)18(13)12(11)2/h5-7,10H,9H2,1-3H3;3*4-7,10H,9H2,1-2H3/q4*+1. The van der Waals surface area contributed by atoms with Crippen molar-refractivity contribution in [2.45, 2.75) is 88.5 Å². The van der Waals surface area contributed by atoms with Crippen LogP contribution in [-0.4, -0.2) is 18.7 Å². The second-order valence-corrected chi connectivity index (χ2v) is 23.2. The summed E-state index contributed by atoms with van der Waals surface area (Å²) in [6.07, 6.45) is 7.94. The Balaban J connectivity index is 0.000000109. The Morgan fingerprint density at radius 3 is 1.21 bits per heavy atom. The second-order valence-electron chi connectivity index (χ2n) is 23.2. The molecular weight excluding hydrogens is 1100 g/mol. The summed E-state index contributed by atoms with van der Waals surface area (Å²) in [5.41, 5.74) is 28.9. The lowest BCUT2D eigenvalue weighted by molar-refractivity contribution is -0.749. The summed E-state index contributed by atoms with van der Waals surface area (Å²) >= 11 is 0. The fraction of sp³-hybridized carbons (Fsp3) is 0.178. The molecule has 0 atom stereocenters. The highest BCUT2D eigenvalue weighted by Gasteiger charge is 2.36. The molecule has 8 heterocycles. The van der Waals surface area contributed by atoms with E-state index in [9.17, 15) is 21.0 Å². The van der Waals surface area contributed by atoms with Crippen molar-refractivity contribution in [1.29, 1.82) is 21.0 Å². The molecule has 0 aliphatic carbocycles. The Labute approximate surface area is 513 Å². The van der Waals surface area contributed by atoms with Gasteiger partial charge in [0, 0.05) is 11.1 Å². The van der Waals surface area contributed by atoms with Gasteiger partial charge in [0.15, 0.2) is 26.2 Å². The van der Waals surface area contributed by atoms with Crippen molar-refractivity contribution in [3.63, 3.8) is 0 Å². The van der Waals surface area contributed by atoms with Gasteiger partial charge in [0.05, 0.1) is 105 Å². The smallest absolute Gasteiger partial charge is 0.205 e. The maximum atomic E-state index is 9.45. The van der Waals surface area contributed by atoms with E-state index < -0.39 is 0 Å². The Hall–Kier alpha value is -12.4. The summed E-state index contributed by atoms with van der Waals surface area (Å²) in [5.74, 6) is 0. The molecular formula is C73H54N16+4. The summed E-state index contributed by atoms with van der Waals surface area (Å²) < 4.78 is 17.1. The third kappa shape index (κ3) is 8.40. The molecule has 4 aliphatic heterocycles.